The van der Waals surface area contributed by atoms with E-state index in [4.69, 9.17) is 0 Å². The summed E-state index contributed by atoms with van der Waals surface area (Å²) in [5.41, 5.74) is 0. The van der Waals surface area contributed by atoms with Gasteiger partial charge in [0.05, 0.1) is 17.4 Å². The predicted octanol–water partition coefficient (Wildman–Crippen LogP) is -0.794. The van der Waals surface area contributed by atoms with Crippen molar-refractivity contribution in [1.29, 1.82) is 0 Å². The Morgan fingerprint density at radius 2 is 2.11 bits per heavy atom. The summed E-state index contributed by atoms with van der Waals surface area (Å²) in [6.07, 6.45) is 2.22. The minimum atomic E-state index is -3.00. The van der Waals surface area contributed by atoms with Crippen LogP contribution < -0.4 is 10.6 Å². The minimum absolute atomic E-state index is 0.0284. The maximum absolute atomic E-state index is 11.9. The van der Waals surface area contributed by atoms with E-state index >= 15 is 0 Å². The average Bonchev–Trinajstić information content (AvgIpc) is 2.28. The fourth-order valence-electron chi connectivity index (χ4n) is 2.41. The molecule has 18 heavy (non-hydrogen) atoms. The van der Waals surface area contributed by atoms with E-state index in [1.807, 2.05) is 0 Å². The second kappa shape index (κ2) is 5.26. The Bertz CT molecular complexity index is 436. The smallest absolute Gasteiger partial charge is 0.225 e. The standard InChI is InChI=1S/C11H18N2O4S/c14-10-4-3-8(6-12-10)11(15)13-9-2-1-5-18(16,17)7-9/h8-9H,1-7H2,(H,12,14)(H,13,15). The second-order valence-electron chi connectivity index (χ2n) is 5.00. The van der Waals surface area contributed by atoms with Gasteiger partial charge in [0.15, 0.2) is 9.84 Å². The summed E-state index contributed by atoms with van der Waals surface area (Å²) >= 11 is 0. The van der Waals surface area contributed by atoms with Crippen LogP contribution in [0.25, 0.3) is 0 Å². The van der Waals surface area contributed by atoms with E-state index in [-0.39, 0.29) is 35.3 Å². The van der Waals surface area contributed by atoms with E-state index in [1.54, 1.807) is 0 Å². The van der Waals surface area contributed by atoms with Gasteiger partial charge < -0.3 is 10.6 Å². The molecule has 2 amide bonds. The van der Waals surface area contributed by atoms with Gasteiger partial charge in [-0.1, -0.05) is 0 Å². The number of sulfone groups is 1. The Morgan fingerprint density at radius 3 is 2.72 bits per heavy atom. The number of nitrogens with one attached hydrogen (secondary N) is 2. The summed E-state index contributed by atoms with van der Waals surface area (Å²) in [7, 11) is -3.00. The molecule has 2 saturated heterocycles. The lowest BCUT2D eigenvalue weighted by Crippen LogP contribution is -2.49. The minimum Gasteiger partial charge on any atom is -0.355 e. The molecule has 0 radical (unpaired) electrons. The Balaban J connectivity index is 1.85. The Hall–Kier alpha value is -1.11. The van der Waals surface area contributed by atoms with Crippen LogP contribution in [0.1, 0.15) is 25.7 Å². The lowest BCUT2D eigenvalue weighted by molar-refractivity contribution is -0.129. The second-order valence-corrected chi connectivity index (χ2v) is 7.23. The predicted molar refractivity (Wildman–Crippen MR) is 65.6 cm³/mol. The quantitative estimate of drug-likeness (QED) is 0.690. The first-order valence-corrected chi connectivity index (χ1v) is 8.06. The van der Waals surface area contributed by atoms with E-state index in [0.29, 0.717) is 32.2 Å². The van der Waals surface area contributed by atoms with Gasteiger partial charge in [-0.05, 0) is 19.3 Å². The van der Waals surface area contributed by atoms with Crippen molar-refractivity contribution in [3.8, 4) is 0 Å². The molecule has 2 atom stereocenters. The van der Waals surface area contributed by atoms with Crippen molar-refractivity contribution in [2.45, 2.75) is 31.7 Å². The van der Waals surface area contributed by atoms with E-state index in [9.17, 15) is 18.0 Å². The van der Waals surface area contributed by atoms with Gasteiger partial charge in [0.25, 0.3) is 0 Å². The van der Waals surface area contributed by atoms with Crippen molar-refractivity contribution < 1.29 is 18.0 Å². The molecule has 0 aliphatic carbocycles. The highest BCUT2D eigenvalue weighted by molar-refractivity contribution is 7.91. The van der Waals surface area contributed by atoms with Crippen LogP contribution >= 0.6 is 0 Å². The van der Waals surface area contributed by atoms with Gasteiger partial charge in [0.2, 0.25) is 11.8 Å². The molecule has 0 aromatic rings. The number of hydrogen-bond acceptors (Lipinski definition) is 4. The number of piperidine rings is 1. The van der Waals surface area contributed by atoms with Crippen molar-refractivity contribution in [2.24, 2.45) is 5.92 Å². The molecule has 2 aliphatic heterocycles. The Labute approximate surface area is 106 Å². The van der Waals surface area contributed by atoms with E-state index in [2.05, 4.69) is 10.6 Å². The Morgan fingerprint density at radius 1 is 1.33 bits per heavy atom. The number of hydrogen-bond donors (Lipinski definition) is 2. The molecule has 0 bridgehead atoms. The van der Waals surface area contributed by atoms with Gasteiger partial charge in [-0.3, -0.25) is 9.59 Å². The van der Waals surface area contributed by atoms with Gasteiger partial charge in [0, 0.05) is 19.0 Å². The van der Waals surface area contributed by atoms with Crippen molar-refractivity contribution in [3.05, 3.63) is 0 Å². The zero-order valence-electron chi connectivity index (χ0n) is 10.1. The molecule has 2 N–H and O–H groups in total. The van der Waals surface area contributed by atoms with Gasteiger partial charge in [0.1, 0.15) is 0 Å². The van der Waals surface area contributed by atoms with Crippen LogP contribution in [-0.4, -0.2) is 44.3 Å². The van der Waals surface area contributed by atoms with Crippen molar-refractivity contribution in [1.82, 2.24) is 10.6 Å². The zero-order chi connectivity index (χ0) is 13.2. The highest BCUT2D eigenvalue weighted by atomic mass is 32.2. The molecular formula is C11H18N2O4S. The number of carbonyl (C=O) groups excluding carboxylic acids is 2. The first-order chi connectivity index (χ1) is 8.46. The van der Waals surface area contributed by atoms with Crippen LogP contribution in [-0.2, 0) is 19.4 Å². The fraction of sp³-hybridized carbons (Fsp3) is 0.818. The molecule has 0 saturated carbocycles. The molecular weight excluding hydrogens is 256 g/mol. The van der Waals surface area contributed by atoms with E-state index in [1.165, 1.54) is 0 Å². The van der Waals surface area contributed by atoms with Crippen LogP contribution in [0.2, 0.25) is 0 Å². The zero-order valence-corrected chi connectivity index (χ0v) is 11.0. The summed E-state index contributed by atoms with van der Waals surface area (Å²) in [6.45, 7) is 0.351. The molecule has 7 heteroatoms. The maximum Gasteiger partial charge on any atom is 0.225 e. The third kappa shape index (κ3) is 3.44. The van der Waals surface area contributed by atoms with Gasteiger partial charge in [-0.2, -0.15) is 0 Å². The van der Waals surface area contributed by atoms with E-state index < -0.39 is 9.84 Å². The van der Waals surface area contributed by atoms with Crippen LogP contribution in [0.4, 0.5) is 0 Å². The molecule has 2 rings (SSSR count). The number of carbonyl (C=O) groups is 2. The Kier molecular flexibility index (Phi) is 3.89. The highest BCUT2D eigenvalue weighted by Crippen LogP contribution is 2.15. The molecule has 0 aromatic carbocycles. The molecule has 102 valence electrons. The fourth-order valence-corrected chi connectivity index (χ4v) is 4.05. The molecule has 2 heterocycles. The number of amides is 2. The number of rotatable bonds is 2. The SMILES string of the molecule is O=C1CCC(C(=O)NC2CCCS(=O)(=O)C2)CN1. The van der Waals surface area contributed by atoms with E-state index in [0.717, 1.165) is 0 Å². The summed E-state index contributed by atoms with van der Waals surface area (Å²) in [6, 6.07) is -0.270. The van der Waals surface area contributed by atoms with Crippen molar-refractivity contribution >= 4 is 21.7 Å². The molecule has 2 aliphatic rings. The lowest BCUT2D eigenvalue weighted by Gasteiger charge is -2.27. The largest absolute Gasteiger partial charge is 0.355 e. The van der Waals surface area contributed by atoms with Crippen LogP contribution in [0, 0.1) is 5.92 Å². The summed E-state index contributed by atoms with van der Waals surface area (Å²) < 4.78 is 22.9. The molecule has 2 unspecified atom stereocenters. The van der Waals surface area contributed by atoms with Gasteiger partial charge in [-0.15, -0.1) is 0 Å². The van der Waals surface area contributed by atoms with Crippen molar-refractivity contribution in [3.63, 3.8) is 0 Å². The topological polar surface area (TPSA) is 92.3 Å². The summed E-state index contributed by atoms with van der Waals surface area (Å²) in [4.78, 5) is 22.9. The summed E-state index contributed by atoms with van der Waals surface area (Å²) in [5, 5.41) is 5.44. The van der Waals surface area contributed by atoms with Crippen LogP contribution in [0.3, 0.4) is 0 Å². The third-order valence-corrected chi connectivity index (χ3v) is 5.27. The van der Waals surface area contributed by atoms with Crippen LogP contribution in [0.15, 0.2) is 0 Å². The van der Waals surface area contributed by atoms with Crippen molar-refractivity contribution in [2.75, 3.05) is 18.1 Å². The normalized spacial score (nSPS) is 31.4. The molecule has 2 fully saturated rings. The van der Waals surface area contributed by atoms with Crippen LogP contribution in [0.5, 0.6) is 0 Å². The van der Waals surface area contributed by atoms with Gasteiger partial charge >= 0.3 is 0 Å². The maximum atomic E-state index is 11.9. The molecule has 0 aromatic heterocycles. The summed E-state index contributed by atoms with van der Waals surface area (Å²) in [5.74, 6) is -0.139. The third-order valence-electron chi connectivity index (χ3n) is 3.45. The first kappa shape index (κ1) is 13.3. The average molecular weight is 274 g/mol. The lowest BCUT2D eigenvalue weighted by atomic mass is 9.98. The molecule has 6 nitrogen and oxygen atoms in total. The first-order valence-electron chi connectivity index (χ1n) is 6.24. The highest BCUT2D eigenvalue weighted by Gasteiger charge is 2.29. The van der Waals surface area contributed by atoms with Gasteiger partial charge in [-0.25, -0.2) is 8.42 Å². The monoisotopic (exact) mass is 274 g/mol. The molecule has 0 spiro atoms.